The zero-order chi connectivity index (χ0) is 27.3. The molecule has 1 aromatic carbocycles. The van der Waals surface area contributed by atoms with Crippen LogP contribution < -0.4 is 10.2 Å². The minimum Gasteiger partial charge on any atom is -0.379 e. The van der Waals surface area contributed by atoms with Crippen molar-refractivity contribution in [1.29, 1.82) is 0 Å². The number of morpholine rings is 1. The van der Waals surface area contributed by atoms with Crippen molar-refractivity contribution >= 4 is 28.5 Å². The van der Waals surface area contributed by atoms with Gasteiger partial charge >= 0.3 is 0 Å². The van der Waals surface area contributed by atoms with Crippen LogP contribution in [0, 0.1) is 0 Å². The van der Waals surface area contributed by atoms with Gasteiger partial charge in [-0.15, -0.1) is 10.2 Å². The van der Waals surface area contributed by atoms with Crippen molar-refractivity contribution < 1.29 is 14.3 Å². The molecule has 0 unspecified atom stereocenters. The van der Waals surface area contributed by atoms with E-state index < -0.39 is 0 Å². The van der Waals surface area contributed by atoms with Gasteiger partial charge in [0, 0.05) is 69.9 Å². The topological polar surface area (TPSA) is 95.8 Å². The number of carbonyl (C=O) groups is 2. The summed E-state index contributed by atoms with van der Waals surface area (Å²) in [6.45, 7) is 7.83. The second-order valence-corrected chi connectivity index (χ2v) is 11.0. The number of anilines is 1. The summed E-state index contributed by atoms with van der Waals surface area (Å²) in [5, 5.41) is 13.2. The minimum atomic E-state index is -0.0161. The standard InChI is InChI=1S/C30H39N7O3/c38-29(31-12-4-14-36-13-3-7-30(36)39)21-23-22-37(26-6-2-1-5-25(23)26)28-9-8-27(32-33-28)35-15-10-24(11-16-35)34-17-19-40-20-18-34/h1-2,5-6,8-9,22,24H,3-4,7,10-21H2,(H,31,38). The van der Waals surface area contributed by atoms with Gasteiger partial charge in [0.05, 0.1) is 25.2 Å². The van der Waals surface area contributed by atoms with E-state index in [1.807, 2.05) is 39.9 Å². The van der Waals surface area contributed by atoms with Crippen LogP contribution in [0.4, 0.5) is 5.82 Å². The van der Waals surface area contributed by atoms with E-state index in [9.17, 15) is 9.59 Å². The molecule has 6 rings (SSSR count). The van der Waals surface area contributed by atoms with Crippen LogP contribution in [-0.4, -0.2) is 101 Å². The largest absolute Gasteiger partial charge is 0.379 e. The third-order valence-electron chi connectivity index (χ3n) is 8.48. The number of hydrogen-bond donors (Lipinski definition) is 1. The average molecular weight is 546 g/mol. The maximum atomic E-state index is 12.8. The summed E-state index contributed by atoms with van der Waals surface area (Å²) < 4.78 is 7.54. The van der Waals surface area contributed by atoms with Crippen molar-refractivity contribution in [2.75, 3.05) is 63.9 Å². The van der Waals surface area contributed by atoms with Gasteiger partial charge in [0.15, 0.2) is 11.6 Å². The maximum Gasteiger partial charge on any atom is 0.224 e. The molecule has 0 saturated carbocycles. The van der Waals surface area contributed by atoms with Gasteiger partial charge in [-0.25, -0.2) is 0 Å². The normalized spacial score (nSPS) is 19.1. The Balaban J connectivity index is 1.07. The first kappa shape index (κ1) is 26.7. The summed E-state index contributed by atoms with van der Waals surface area (Å²) in [4.78, 5) is 31.3. The van der Waals surface area contributed by atoms with Gasteiger partial charge in [-0.3, -0.25) is 19.1 Å². The first-order valence-corrected chi connectivity index (χ1v) is 14.7. The summed E-state index contributed by atoms with van der Waals surface area (Å²) in [7, 11) is 0. The van der Waals surface area contributed by atoms with E-state index in [-0.39, 0.29) is 11.8 Å². The van der Waals surface area contributed by atoms with Crippen molar-refractivity contribution in [3.05, 3.63) is 48.2 Å². The van der Waals surface area contributed by atoms with E-state index in [4.69, 9.17) is 4.74 Å². The van der Waals surface area contributed by atoms with Gasteiger partial charge in [-0.05, 0) is 49.4 Å². The Kier molecular flexibility index (Phi) is 8.24. The number of piperidine rings is 1. The number of hydrogen-bond acceptors (Lipinski definition) is 7. The molecule has 2 amide bonds. The summed E-state index contributed by atoms with van der Waals surface area (Å²) in [5.74, 6) is 1.86. The molecule has 10 heteroatoms. The lowest BCUT2D eigenvalue weighted by Gasteiger charge is -2.40. The van der Waals surface area contributed by atoms with Gasteiger partial charge in [-0.2, -0.15) is 0 Å². The molecule has 3 aliphatic heterocycles. The van der Waals surface area contributed by atoms with Crippen molar-refractivity contribution in [3.63, 3.8) is 0 Å². The van der Waals surface area contributed by atoms with E-state index in [0.717, 1.165) is 99.7 Å². The van der Waals surface area contributed by atoms with Crippen LogP contribution in [0.5, 0.6) is 0 Å². The Labute approximate surface area is 235 Å². The number of rotatable bonds is 9. The monoisotopic (exact) mass is 545 g/mol. The highest BCUT2D eigenvalue weighted by Gasteiger charge is 2.26. The Morgan fingerprint density at radius 2 is 1.75 bits per heavy atom. The third-order valence-corrected chi connectivity index (χ3v) is 8.48. The fourth-order valence-corrected chi connectivity index (χ4v) is 6.27. The number of aromatic nitrogens is 3. The van der Waals surface area contributed by atoms with E-state index in [1.54, 1.807) is 0 Å². The average Bonchev–Trinajstić information content (AvgIpc) is 3.59. The highest BCUT2D eigenvalue weighted by atomic mass is 16.5. The smallest absolute Gasteiger partial charge is 0.224 e. The molecule has 5 heterocycles. The van der Waals surface area contributed by atoms with Crippen LogP contribution in [0.2, 0.25) is 0 Å². The molecule has 0 aliphatic carbocycles. The molecule has 0 bridgehead atoms. The molecule has 3 aliphatic rings. The first-order valence-electron chi connectivity index (χ1n) is 14.7. The number of para-hydroxylation sites is 1. The fourth-order valence-electron chi connectivity index (χ4n) is 6.27. The molecule has 0 radical (unpaired) electrons. The molecule has 0 spiro atoms. The molecule has 212 valence electrons. The molecular weight excluding hydrogens is 506 g/mol. The second-order valence-electron chi connectivity index (χ2n) is 11.0. The molecule has 3 fully saturated rings. The van der Waals surface area contributed by atoms with Crippen molar-refractivity contribution in [2.45, 2.75) is 44.6 Å². The maximum absolute atomic E-state index is 12.8. The first-order chi connectivity index (χ1) is 19.7. The van der Waals surface area contributed by atoms with Crippen LogP contribution in [0.3, 0.4) is 0 Å². The highest BCUT2D eigenvalue weighted by molar-refractivity contribution is 5.90. The number of amides is 2. The Morgan fingerprint density at radius 1 is 0.975 bits per heavy atom. The van der Waals surface area contributed by atoms with Crippen LogP contribution in [0.15, 0.2) is 42.6 Å². The summed E-state index contributed by atoms with van der Waals surface area (Å²) in [5.41, 5.74) is 1.96. The highest BCUT2D eigenvalue weighted by Crippen LogP contribution is 2.26. The quantitative estimate of drug-likeness (QED) is 0.413. The van der Waals surface area contributed by atoms with Gasteiger partial charge in [0.25, 0.3) is 0 Å². The lowest BCUT2D eigenvalue weighted by Crippen LogP contribution is -2.49. The van der Waals surface area contributed by atoms with Gasteiger partial charge in [-0.1, -0.05) is 18.2 Å². The SMILES string of the molecule is O=C(Cc1cn(-c2ccc(N3CCC(N4CCOCC4)CC3)nn2)c2ccccc12)NCCCN1CCCC1=O. The summed E-state index contributed by atoms with van der Waals surface area (Å²) in [6.07, 6.45) is 6.92. The molecule has 1 N–H and O–H groups in total. The summed E-state index contributed by atoms with van der Waals surface area (Å²) >= 11 is 0. The Hall–Kier alpha value is -3.50. The number of carbonyl (C=O) groups excluding carboxylic acids is 2. The molecule has 0 atom stereocenters. The second kappa shape index (κ2) is 12.3. The van der Waals surface area contributed by atoms with Crippen molar-refractivity contribution in [1.82, 2.24) is 29.9 Å². The van der Waals surface area contributed by atoms with E-state index in [0.29, 0.717) is 32.0 Å². The van der Waals surface area contributed by atoms with Gasteiger partial charge < -0.3 is 19.9 Å². The molecule has 3 aromatic rings. The minimum absolute atomic E-state index is 0.0161. The fraction of sp³-hybridized carbons (Fsp3) is 0.533. The number of nitrogens with zero attached hydrogens (tertiary/aromatic N) is 6. The molecule has 2 aromatic heterocycles. The lowest BCUT2D eigenvalue weighted by molar-refractivity contribution is -0.127. The molecular formula is C30H39N7O3. The molecule has 10 nitrogen and oxygen atoms in total. The zero-order valence-corrected chi connectivity index (χ0v) is 23.1. The molecule has 40 heavy (non-hydrogen) atoms. The zero-order valence-electron chi connectivity index (χ0n) is 23.1. The predicted molar refractivity (Wildman–Crippen MR) is 154 cm³/mol. The van der Waals surface area contributed by atoms with E-state index in [1.165, 1.54) is 0 Å². The number of benzene rings is 1. The van der Waals surface area contributed by atoms with Crippen molar-refractivity contribution in [3.8, 4) is 5.82 Å². The van der Waals surface area contributed by atoms with E-state index in [2.05, 4.69) is 37.4 Å². The van der Waals surface area contributed by atoms with Crippen LogP contribution >= 0.6 is 0 Å². The predicted octanol–water partition coefficient (Wildman–Crippen LogP) is 2.39. The van der Waals surface area contributed by atoms with Gasteiger partial charge in [0.1, 0.15) is 0 Å². The molecule has 3 saturated heterocycles. The number of nitrogens with one attached hydrogen (secondary N) is 1. The van der Waals surface area contributed by atoms with Crippen LogP contribution in [0.25, 0.3) is 16.7 Å². The Bertz CT molecular complexity index is 1310. The van der Waals surface area contributed by atoms with Gasteiger partial charge in [0.2, 0.25) is 11.8 Å². The van der Waals surface area contributed by atoms with Crippen molar-refractivity contribution in [2.24, 2.45) is 0 Å². The summed E-state index contributed by atoms with van der Waals surface area (Å²) in [6, 6.07) is 12.8. The number of ether oxygens (including phenoxy) is 1. The lowest BCUT2D eigenvalue weighted by atomic mass is 10.0. The van der Waals surface area contributed by atoms with Crippen LogP contribution in [0.1, 0.15) is 37.7 Å². The van der Waals surface area contributed by atoms with E-state index >= 15 is 0 Å². The van der Waals surface area contributed by atoms with Crippen LogP contribution in [-0.2, 0) is 20.7 Å². The third kappa shape index (κ3) is 5.97. The Morgan fingerprint density at radius 3 is 2.50 bits per heavy atom. The number of likely N-dealkylation sites (tertiary alicyclic amines) is 1. The number of fused-ring (bicyclic) bond motifs is 1.